The molecule has 4 nitrogen and oxygen atoms in total. The number of primary amides is 1. The Labute approximate surface area is 87.3 Å². The summed E-state index contributed by atoms with van der Waals surface area (Å²) >= 11 is 0. The van der Waals surface area contributed by atoms with Crippen LogP contribution >= 0.6 is 0 Å². The van der Waals surface area contributed by atoms with Crippen molar-refractivity contribution in [2.45, 2.75) is 0 Å². The van der Waals surface area contributed by atoms with Gasteiger partial charge in [0.2, 0.25) is 5.91 Å². The molecule has 1 heterocycles. The Hall–Kier alpha value is -2.23. The molecule has 0 saturated heterocycles. The fraction of sp³-hybridized carbons (Fsp3) is 0. The van der Waals surface area contributed by atoms with Crippen molar-refractivity contribution in [3.05, 3.63) is 47.3 Å². The van der Waals surface area contributed by atoms with Crippen LogP contribution in [0.3, 0.4) is 0 Å². The third-order valence-electron chi connectivity index (χ3n) is 2.15. The van der Waals surface area contributed by atoms with E-state index in [1.165, 1.54) is 6.08 Å². The first-order valence-electron chi connectivity index (χ1n) is 4.51. The van der Waals surface area contributed by atoms with Gasteiger partial charge in [0, 0.05) is 11.3 Å². The van der Waals surface area contributed by atoms with Gasteiger partial charge in [-0.15, -0.1) is 0 Å². The predicted octanol–water partition coefficient (Wildman–Crippen LogP) is 0.781. The molecule has 0 fully saturated rings. The summed E-state index contributed by atoms with van der Waals surface area (Å²) in [7, 11) is 0. The van der Waals surface area contributed by atoms with Crippen LogP contribution in [0, 0.1) is 0 Å². The van der Waals surface area contributed by atoms with Gasteiger partial charge in [0.05, 0.1) is 0 Å². The number of anilines is 1. The lowest BCUT2D eigenvalue weighted by atomic mass is 10.1. The van der Waals surface area contributed by atoms with Crippen molar-refractivity contribution >= 4 is 17.7 Å². The van der Waals surface area contributed by atoms with Gasteiger partial charge in [0.15, 0.2) is 0 Å². The van der Waals surface area contributed by atoms with Crippen LogP contribution < -0.4 is 16.8 Å². The highest BCUT2D eigenvalue weighted by Crippen LogP contribution is 2.22. The molecule has 1 amide bonds. The lowest BCUT2D eigenvalue weighted by Crippen LogP contribution is -2.14. The number of carbonyl (C=O) groups excluding carboxylic acids is 1. The van der Waals surface area contributed by atoms with Gasteiger partial charge in [0.25, 0.3) is 0 Å². The fourth-order valence-electron chi connectivity index (χ4n) is 1.45. The minimum Gasteiger partial charge on any atom is -0.385 e. The van der Waals surface area contributed by atoms with Gasteiger partial charge in [-0.25, -0.2) is 0 Å². The van der Waals surface area contributed by atoms with Gasteiger partial charge in [-0.1, -0.05) is 18.2 Å². The van der Waals surface area contributed by atoms with Crippen LogP contribution in [-0.2, 0) is 4.79 Å². The summed E-state index contributed by atoms with van der Waals surface area (Å²) in [6, 6.07) is 7.55. The van der Waals surface area contributed by atoms with Crippen molar-refractivity contribution in [2.24, 2.45) is 11.5 Å². The Morgan fingerprint density at radius 2 is 1.93 bits per heavy atom. The fourth-order valence-corrected chi connectivity index (χ4v) is 1.45. The van der Waals surface area contributed by atoms with Crippen LogP contribution in [-0.4, -0.2) is 5.91 Å². The smallest absolute Gasteiger partial charge is 0.248 e. The molecule has 15 heavy (non-hydrogen) atoms. The number of amides is 1. The van der Waals surface area contributed by atoms with E-state index in [0.29, 0.717) is 11.4 Å². The Morgan fingerprint density at radius 1 is 1.20 bits per heavy atom. The van der Waals surface area contributed by atoms with E-state index < -0.39 is 5.91 Å². The molecule has 0 aromatic heterocycles. The zero-order valence-electron chi connectivity index (χ0n) is 8.03. The van der Waals surface area contributed by atoms with Crippen molar-refractivity contribution in [3.8, 4) is 0 Å². The average molecular weight is 201 g/mol. The average Bonchev–Trinajstić information content (AvgIpc) is 2.35. The molecule has 1 aliphatic rings. The molecule has 2 rings (SSSR count). The van der Waals surface area contributed by atoms with Gasteiger partial charge < -0.3 is 16.8 Å². The maximum Gasteiger partial charge on any atom is 0.248 e. The zero-order valence-corrected chi connectivity index (χ0v) is 8.03. The normalized spacial score (nSPS) is 14.1. The number of nitrogens with one attached hydrogen (secondary N) is 1. The Kier molecular flexibility index (Phi) is 2.17. The topological polar surface area (TPSA) is 81.1 Å². The molecular weight excluding hydrogens is 190 g/mol. The molecule has 5 N–H and O–H groups in total. The van der Waals surface area contributed by atoms with E-state index in [4.69, 9.17) is 11.5 Å². The predicted molar refractivity (Wildman–Crippen MR) is 59.5 cm³/mol. The zero-order chi connectivity index (χ0) is 10.8. The van der Waals surface area contributed by atoms with Gasteiger partial charge >= 0.3 is 0 Å². The highest BCUT2D eigenvalue weighted by molar-refractivity contribution is 6.01. The Morgan fingerprint density at radius 3 is 2.67 bits per heavy atom. The highest BCUT2D eigenvalue weighted by atomic mass is 16.1. The van der Waals surface area contributed by atoms with Crippen molar-refractivity contribution in [3.63, 3.8) is 0 Å². The van der Waals surface area contributed by atoms with Crippen molar-refractivity contribution in [1.29, 1.82) is 0 Å². The maximum atomic E-state index is 11.1. The molecule has 0 aliphatic carbocycles. The standard InChI is InChI=1S/C11H11N3O/c12-10-6-8(11(13)15)5-7-3-1-2-4-9(7)14-10/h1-6,14H,12H2,(H2,13,15). The summed E-state index contributed by atoms with van der Waals surface area (Å²) in [5.74, 6) is -0.0820. The van der Waals surface area contributed by atoms with E-state index in [1.807, 2.05) is 24.3 Å². The lowest BCUT2D eigenvalue weighted by Gasteiger charge is -2.06. The number of rotatable bonds is 1. The van der Waals surface area contributed by atoms with Crippen LogP contribution in [0.15, 0.2) is 41.7 Å². The molecule has 0 radical (unpaired) electrons. The summed E-state index contributed by atoms with van der Waals surface area (Å²) in [6.45, 7) is 0. The third-order valence-corrected chi connectivity index (χ3v) is 2.15. The molecular formula is C11H11N3O. The summed E-state index contributed by atoms with van der Waals surface area (Å²) in [5, 5.41) is 2.99. The lowest BCUT2D eigenvalue weighted by molar-refractivity contribution is -0.114. The van der Waals surface area contributed by atoms with Crippen LogP contribution in [0.25, 0.3) is 6.08 Å². The number of hydrogen-bond donors (Lipinski definition) is 3. The van der Waals surface area contributed by atoms with E-state index in [9.17, 15) is 4.79 Å². The van der Waals surface area contributed by atoms with Gasteiger partial charge in [0.1, 0.15) is 5.82 Å². The quantitative estimate of drug-likeness (QED) is 0.628. The Balaban J connectivity index is 2.56. The Bertz CT molecular complexity index is 474. The molecule has 1 aliphatic heterocycles. The number of fused-ring (bicyclic) bond motifs is 1. The van der Waals surface area contributed by atoms with E-state index in [2.05, 4.69) is 5.32 Å². The molecule has 0 saturated carbocycles. The highest BCUT2D eigenvalue weighted by Gasteiger charge is 2.09. The van der Waals surface area contributed by atoms with Gasteiger partial charge in [-0.2, -0.15) is 0 Å². The first-order valence-corrected chi connectivity index (χ1v) is 4.51. The number of nitrogens with two attached hydrogens (primary N) is 2. The summed E-state index contributed by atoms with van der Waals surface area (Å²) in [5.41, 5.74) is 13.0. The summed E-state index contributed by atoms with van der Waals surface area (Å²) < 4.78 is 0. The number of para-hydroxylation sites is 1. The molecule has 1 aromatic carbocycles. The SMILES string of the molecule is NC(=O)C1=Cc2ccccc2NC(N)=C1. The molecule has 1 aromatic rings. The summed E-state index contributed by atoms with van der Waals surface area (Å²) in [4.78, 5) is 11.1. The minimum absolute atomic E-state index is 0.393. The van der Waals surface area contributed by atoms with Crippen LogP contribution in [0.1, 0.15) is 5.56 Å². The van der Waals surface area contributed by atoms with E-state index in [-0.39, 0.29) is 0 Å². The van der Waals surface area contributed by atoms with Crippen molar-refractivity contribution < 1.29 is 4.79 Å². The third kappa shape index (κ3) is 1.83. The van der Waals surface area contributed by atoms with E-state index in [1.54, 1.807) is 6.08 Å². The van der Waals surface area contributed by atoms with Gasteiger partial charge in [-0.3, -0.25) is 4.79 Å². The number of hydrogen-bond acceptors (Lipinski definition) is 3. The number of carbonyl (C=O) groups is 1. The number of benzene rings is 1. The minimum atomic E-state index is -0.489. The van der Waals surface area contributed by atoms with Gasteiger partial charge in [-0.05, 0) is 23.8 Å². The van der Waals surface area contributed by atoms with Crippen LogP contribution in [0.5, 0.6) is 0 Å². The second-order valence-corrected chi connectivity index (χ2v) is 3.28. The van der Waals surface area contributed by atoms with E-state index >= 15 is 0 Å². The van der Waals surface area contributed by atoms with Crippen LogP contribution in [0.2, 0.25) is 0 Å². The molecule has 0 atom stereocenters. The molecule has 0 bridgehead atoms. The molecule has 0 unspecified atom stereocenters. The molecule has 76 valence electrons. The largest absolute Gasteiger partial charge is 0.385 e. The van der Waals surface area contributed by atoms with E-state index in [0.717, 1.165) is 11.3 Å². The van der Waals surface area contributed by atoms with Crippen molar-refractivity contribution in [2.75, 3.05) is 5.32 Å². The first kappa shape index (κ1) is 9.33. The monoisotopic (exact) mass is 201 g/mol. The maximum absolute atomic E-state index is 11.1. The molecule has 0 spiro atoms. The first-order chi connectivity index (χ1) is 7.16. The van der Waals surface area contributed by atoms with Crippen molar-refractivity contribution in [1.82, 2.24) is 0 Å². The summed E-state index contributed by atoms with van der Waals surface area (Å²) in [6.07, 6.45) is 3.24. The second kappa shape index (κ2) is 3.49. The van der Waals surface area contributed by atoms with Crippen LogP contribution in [0.4, 0.5) is 5.69 Å². The molecule has 4 heteroatoms. The second-order valence-electron chi connectivity index (χ2n) is 3.28.